The molecule has 11 heteroatoms. The number of methoxy groups -OCH3 is 2. The van der Waals surface area contributed by atoms with Gasteiger partial charge < -0.3 is 14.0 Å². The average Bonchev–Trinajstić information content (AvgIpc) is 3.53. The fourth-order valence-electron chi connectivity index (χ4n) is 3.31. The Morgan fingerprint density at radius 3 is 2.67 bits per heavy atom. The van der Waals surface area contributed by atoms with Gasteiger partial charge in [0.15, 0.2) is 22.3 Å². The van der Waals surface area contributed by atoms with Crippen LogP contribution in [0.1, 0.15) is 5.89 Å². The summed E-state index contributed by atoms with van der Waals surface area (Å²) in [7, 11) is 3.14. The number of aromatic nitrogens is 6. The molecule has 0 spiro atoms. The standard InChI is InChI=1S/C22H18N6O4S/c1-30-16-9-8-13(10-17(16)31-2)19-24-18(32-27-19)12-33-22-25-20-15(11-23-26-20)21(29)28(22)14-6-4-3-5-7-14/h3-11H,12H2,1-2H3,(H,23,26). The lowest BCUT2D eigenvalue weighted by molar-refractivity contribution is 0.355. The summed E-state index contributed by atoms with van der Waals surface area (Å²) in [6, 6.07) is 14.7. The number of H-pyrrole nitrogens is 1. The molecule has 0 aliphatic rings. The Morgan fingerprint density at radius 1 is 1.06 bits per heavy atom. The highest BCUT2D eigenvalue weighted by atomic mass is 32.2. The van der Waals surface area contributed by atoms with Crippen molar-refractivity contribution in [3.63, 3.8) is 0 Å². The minimum Gasteiger partial charge on any atom is -0.493 e. The first-order chi connectivity index (χ1) is 16.2. The third-order valence-electron chi connectivity index (χ3n) is 4.90. The van der Waals surface area contributed by atoms with E-state index in [1.807, 2.05) is 36.4 Å². The molecule has 0 unspecified atom stereocenters. The summed E-state index contributed by atoms with van der Waals surface area (Å²) in [6.07, 6.45) is 1.48. The van der Waals surface area contributed by atoms with Crippen LogP contribution < -0.4 is 15.0 Å². The maximum Gasteiger partial charge on any atom is 0.269 e. The number of hydrogen-bond acceptors (Lipinski definition) is 9. The van der Waals surface area contributed by atoms with Crippen LogP contribution in [0.5, 0.6) is 11.5 Å². The summed E-state index contributed by atoms with van der Waals surface area (Å²) in [5.74, 6) is 2.31. The molecule has 33 heavy (non-hydrogen) atoms. The van der Waals surface area contributed by atoms with Gasteiger partial charge in [-0.15, -0.1) is 0 Å². The fourth-order valence-corrected chi connectivity index (χ4v) is 4.15. The van der Waals surface area contributed by atoms with Crippen molar-refractivity contribution in [2.24, 2.45) is 0 Å². The van der Waals surface area contributed by atoms with Gasteiger partial charge in [0.1, 0.15) is 5.39 Å². The highest BCUT2D eigenvalue weighted by molar-refractivity contribution is 7.98. The zero-order valence-corrected chi connectivity index (χ0v) is 18.5. The number of benzene rings is 2. The Hall–Kier alpha value is -4.12. The molecule has 10 nitrogen and oxygen atoms in total. The molecule has 5 rings (SSSR count). The Labute approximate surface area is 191 Å². The van der Waals surface area contributed by atoms with E-state index in [1.54, 1.807) is 30.9 Å². The van der Waals surface area contributed by atoms with Crippen molar-refractivity contribution in [2.45, 2.75) is 10.9 Å². The number of para-hydroxylation sites is 1. The number of nitrogens with zero attached hydrogens (tertiary/aromatic N) is 5. The molecule has 166 valence electrons. The van der Waals surface area contributed by atoms with Crippen LogP contribution in [-0.2, 0) is 5.75 Å². The second-order valence-electron chi connectivity index (χ2n) is 6.87. The molecule has 0 amide bonds. The van der Waals surface area contributed by atoms with E-state index in [4.69, 9.17) is 14.0 Å². The second-order valence-corrected chi connectivity index (χ2v) is 7.82. The van der Waals surface area contributed by atoms with Crippen LogP contribution >= 0.6 is 11.8 Å². The first kappa shape index (κ1) is 20.8. The van der Waals surface area contributed by atoms with Crippen molar-refractivity contribution in [1.29, 1.82) is 0 Å². The predicted molar refractivity (Wildman–Crippen MR) is 122 cm³/mol. The van der Waals surface area contributed by atoms with E-state index in [1.165, 1.54) is 18.0 Å². The lowest BCUT2D eigenvalue weighted by atomic mass is 10.2. The smallest absolute Gasteiger partial charge is 0.269 e. The molecule has 0 aliphatic carbocycles. The van der Waals surface area contributed by atoms with Crippen molar-refractivity contribution in [1.82, 2.24) is 29.9 Å². The van der Waals surface area contributed by atoms with Crippen molar-refractivity contribution < 1.29 is 14.0 Å². The second kappa shape index (κ2) is 8.79. The third-order valence-corrected chi connectivity index (χ3v) is 5.82. The molecule has 5 aromatic rings. The van der Waals surface area contributed by atoms with Crippen LogP contribution in [-0.4, -0.2) is 44.1 Å². The molecule has 0 aliphatic heterocycles. The number of fused-ring (bicyclic) bond motifs is 1. The average molecular weight is 462 g/mol. The van der Waals surface area contributed by atoms with Gasteiger partial charge in [-0.3, -0.25) is 14.5 Å². The predicted octanol–water partition coefficient (Wildman–Crippen LogP) is 3.47. The maximum atomic E-state index is 13.1. The highest BCUT2D eigenvalue weighted by Gasteiger charge is 2.17. The van der Waals surface area contributed by atoms with E-state index in [9.17, 15) is 4.79 Å². The van der Waals surface area contributed by atoms with Crippen LogP contribution in [0.15, 0.2) is 69.2 Å². The summed E-state index contributed by atoms with van der Waals surface area (Å²) >= 11 is 1.31. The summed E-state index contributed by atoms with van der Waals surface area (Å²) in [5, 5.41) is 11.7. The molecule has 0 atom stereocenters. The summed E-state index contributed by atoms with van der Waals surface area (Å²) in [5.41, 5.74) is 1.65. The fraction of sp³-hybridized carbons (Fsp3) is 0.136. The minimum atomic E-state index is -0.209. The van der Waals surface area contributed by atoms with Crippen molar-refractivity contribution in [3.05, 3.63) is 71.0 Å². The van der Waals surface area contributed by atoms with Crippen molar-refractivity contribution in [2.75, 3.05) is 14.2 Å². The number of hydrogen-bond donors (Lipinski definition) is 1. The maximum absolute atomic E-state index is 13.1. The van der Waals surface area contributed by atoms with Gasteiger partial charge >= 0.3 is 0 Å². The van der Waals surface area contributed by atoms with Crippen LogP contribution in [0.3, 0.4) is 0 Å². The molecule has 0 saturated carbocycles. The van der Waals surface area contributed by atoms with Crippen molar-refractivity contribution in [3.8, 4) is 28.6 Å². The Kier molecular flexibility index (Phi) is 5.53. The van der Waals surface area contributed by atoms with E-state index in [0.717, 1.165) is 5.56 Å². The van der Waals surface area contributed by atoms with Gasteiger partial charge in [-0.2, -0.15) is 10.1 Å². The molecule has 2 aromatic carbocycles. The molecular weight excluding hydrogens is 444 g/mol. The molecule has 0 saturated heterocycles. The van der Waals surface area contributed by atoms with Crippen LogP contribution in [0.2, 0.25) is 0 Å². The topological polar surface area (TPSA) is 121 Å². The Morgan fingerprint density at radius 2 is 1.88 bits per heavy atom. The van der Waals surface area contributed by atoms with Gasteiger partial charge in [0.2, 0.25) is 11.7 Å². The molecule has 0 bridgehead atoms. The van der Waals surface area contributed by atoms with Crippen molar-refractivity contribution >= 4 is 22.8 Å². The van der Waals surface area contributed by atoms with E-state index < -0.39 is 0 Å². The Bertz CT molecular complexity index is 1480. The number of aromatic amines is 1. The van der Waals surface area contributed by atoms with E-state index in [2.05, 4.69) is 25.3 Å². The van der Waals surface area contributed by atoms with Gasteiger partial charge in [-0.25, -0.2) is 4.98 Å². The first-order valence-electron chi connectivity index (χ1n) is 9.87. The summed E-state index contributed by atoms with van der Waals surface area (Å²) in [6.45, 7) is 0. The van der Waals surface area contributed by atoms with E-state index in [0.29, 0.717) is 50.8 Å². The zero-order chi connectivity index (χ0) is 22.8. The van der Waals surface area contributed by atoms with Gasteiger partial charge in [-0.05, 0) is 30.3 Å². The van der Waals surface area contributed by atoms with Gasteiger partial charge in [0.25, 0.3) is 5.56 Å². The summed E-state index contributed by atoms with van der Waals surface area (Å²) < 4.78 is 17.6. The lowest BCUT2D eigenvalue weighted by Gasteiger charge is -2.10. The first-order valence-corrected chi connectivity index (χ1v) is 10.9. The van der Waals surface area contributed by atoms with Crippen LogP contribution in [0.4, 0.5) is 0 Å². The van der Waals surface area contributed by atoms with Crippen LogP contribution in [0.25, 0.3) is 28.1 Å². The lowest BCUT2D eigenvalue weighted by Crippen LogP contribution is -2.21. The van der Waals surface area contributed by atoms with Gasteiger partial charge in [0.05, 0.1) is 31.9 Å². The molecule has 3 aromatic heterocycles. The summed E-state index contributed by atoms with van der Waals surface area (Å²) in [4.78, 5) is 22.2. The van der Waals surface area contributed by atoms with E-state index >= 15 is 0 Å². The number of nitrogens with one attached hydrogen (secondary N) is 1. The van der Waals surface area contributed by atoms with Gasteiger partial charge in [0, 0.05) is 5.56 Å². The number of thioether (sulfide) groups is 1. The quantitative estimate of drug-likeness (QED) is 0.286. The molecule has 3 heterocycles. The number of rotatable bonds is 7. The monoisotopic (exact) mass is 462 g/mol. The normalized spacial score (nSPS) is 11.1. The van der Waals surface area contributed by atoms with Gasteiger partial charge in [-0.1, -0.05) is 35.1 Å². The molecule has 1 N–H and O–H groups in total. The van der Waals surface area contributed by atoms with E-state index in [-0.39, 0.29) is 5.56 Å². The third kappa shape index (κ3) is 3.94. The molecular formula is C22H18N6O4S. The largest absolute Gasteiger partial charge is 0.493 e. The highest BCUT2D eigenvalue weighted by Crippen LogP contribution is 2.31. The zero-order valence-electron chi connectivity index (χ0n) is 17.7. The van der Waals surface area contributed by atoms with Crippen LogP contribution in [0, 0.1) is 0 Å². The number of ether oxygens (including phenoxy) is 2. The Balaban J connectivity index is 1.45. The minimum absolute atomic E-state index is 0.209. The molecule has 0 radical (unpaired) electrons. The SMILES string of the molecule is COc1ccc(-c2noc(CSc3nc4[nH]ncc4c(=O)n3-c3ccccc3)n2)cc1OC. The molecule has 0 fully saturated rings.